The van der Waals surface area contributed by atoms with Crippen molar-refractivity contribution in [3.8, 4) is 17.1 Å². The monoisotopic (exact) mass is 612 g/mol. The molecule has 0 aliphatic heterocycles. The summed E-state index contributed by atoms with van der Waals surface area (Å²) in [7, 11) is 0. The van der Waals surface area contributed by atoms with E-state index < -0.39 is 22.2 Å². The van der Waals surface area contributed by atoms with Gasteiger partial charge in [-0.2, -0.15) is 22.9 Å². The zero-order valence-corrected chi connectivity index (χ0v) is 22.7. The van der Waals surface area contributed by atoms with E-state index in [-0.39, 0.29) is 50.9 Å². The van der Waals surface area contributed by atoms with E-state index in [0.717, 1.165) is 23.0 Å². The van der Waals surface area contributed by atoms with Crippen molar-refractivity contribution in [2.75, 3.05) is 0 Å². The van der Waals surface area contributed by atoms with Crippen molar-refractivity contribution < 1.29 is 22.8 Å². The topological polar surface area (TPSA) is 99.6 Å². The lowest BCUT2D eigenvalue weighted by molar-refractivity contribution is -0.385. The van der Waals surface area contributed by atoms with Gasteiger partial charge in [-0.05, 0) is 48.0 Å². The van der Waals surface area contributed by atoms with Gasteiger partial charge in [0.15, 0.2) is 5.82 Å². The zero-order valence-electron chi connectivity index (χ0n) is 21.2. The fourth-order valence-electron chi connectivity index (χ4n) is 4.10. The molecule has 0 fully saturated rings. The Balaban J connectivity index is 1.63. The van der Waals surface area contributed by atoms with Gasteiger partial charge >= 0.3 is 11.9 Å². The van der Waals surface area contributed by atoms with Crippen LogP contribution in [0.1, 0.15) is 16.7 Å². The van der Waals surface area contributed by atoms with Crippen LogP contribution in [0.25, 0.3) is 22.3 Å². The lowest BCUT2D eigenvalue weighted by Gasteiger charge is -2.13. The Morgan fingerprint density at radius 3 is 2.48 bits per heavy atom. The van der Waals surface area contributed by atoms with Gasteiger partial charge in [0.1, 0.15) is 6.61 Å². The Morgan fingerprint density at radius 1 is 0.976 bits per heavy atom. The molecular weight excluding hydrogens is 596 g/mol. The number of aromatic nitrogens is 2. The molecule has 0 amide bonds. The maximum Gasteiger partial charge on any atom is 0.416 e. The Hall–Kier alpha value is -4.74. The molecule has 0 radical (unpaired) electrons. The van der Waals surface area contributed by atoms with E-state index in [2.05, 4.69) is 10.1 Å². The molecular formula is C29H17Cl2F3N4O4. The number of nitro benzene ring substituents is 1. The van der Waals surface area contributed by atoms with Crippen LogP contribution >= 0.6 is 23.2 Å². The predicted molar refractivity (Wildman–Crippen MR) is 153 cm³/mol. The summed E-state index contributed by atoms with van der Waals surface area (Å²) in [5.41, 5.74) is -1.03. The summed E-state index contributed by atoms with van der Waals surface area (Å²) in [6, 6.07) is 19.5. The Bertz CT molecular complexity index is 1930. The number of benzene rings is 4. The zero-order chi connectivity index (χ0) is 30.0. The summed E-state index contributed by atoms with van der Waals surface area (Å²) in [6.07, 6.45) is -3.49. The van der Waals surface area contributed by atoms with Gasteiger partial charge in [0, 0.05) is 17.2 Å². The first-order valence-corrected chi connectivity index (χ1v) is 12.9. The molecule has 0 atom stereocenters. The maximum absolute atomic E-state index is 13.5. The highest BCUT2D eigenvalue weighted by molar-refractivity contribution is 6.42. The molecule has 0 aliphatic carbocycles. The molecule has 0 aliphatic rings. The molecule has 42 heavy (non-hydrogen) atoms. The number of hydrogen-bond acceptors (Lipinski definition) is 6. The minimum Gasteiger partial charge on any atom is -0.481 e. The van der Waals surface area contributed by atoms with Gasteiger partial charge < -0.3 is 4.74 Å². The van der Waals surface area contributed by atoms with Crippen LogP contribution in [0.3, 0.4) is 0 Å². The van der Waals surface area contributed by atoms with Gasteiger partial charge in [-0.15, -0.1) is 0 Å². The minimum atomic E-state index is -4.63. The van der Waals surface area contributed by atoms with E-state index in [1.165, 1.54) is 36.4 Å². The average molecular weight is 613 g/mol. The Kier molecular flexibility index (Phi) is 7.97. The lowest BCUT2D eigenvalue weighted by Crippen LogP contribution is -2.20. The number of nitro groups is 1. The second-order valence-corrected chi connectivity index (χ2v) is 9.70. The fraction of sp³-hybridized carbons (Fsp3) is 0.0690. The summed E-state index contributed by atoms with van der Waals surface area (Å²) in [5.74, 6) is -0.315. The van der Waals surface area contributed by atoms with Crippen molar-refractivity contribution >= 4 is 46.0 Å². The van der Waals surface area contributed by atoms with Crippen LogP contribution in [0.2, 0.25) is 10.0 Å². The van der Waals surface area contributed by atoms with Crippen molar-refractivity contribution in [3.63, 3.8) is 0 Å². The van der Waals surface area contributed by atoms with Crippen LogP contribution in [0.15, 0.2) is 94.8 Å². The molecule has 5 aromatic rings. The normalized spacial score (nSPS) is 11.7. The van der Waals surface area contributed by atoms with Gasteiger partial charge in [0.25, 0.3) is 5.56 Å². The van der Waals surface area contributed by atoms with Crippen LogP contribution in [-0.4, -0.2) is 20.8 Å². The van der Waals surface area contributed by atoms with Crippen LogP contribution in [-0.2, 0) is 12.8 Å². The third-order valence-electron chi connectivity index (χ3n) is 6.10. The molecule has 4 aromatic carbocycles. The number of hydrogen-bond donors (Lipinski definition) is 0. The molecule has 13 heteroatoms. The summed E-state index contributed by atoms with van der Waals surface area (Å²) < 4.78 is 47.1. The van der Waals surface area contributed by atoms with Gasteiger partial charge in [0.05, 0.1) is 37.6 Å². The van der Waals surface area contributed by atoms with Crippen LogP contribution in [0.5, 0.6) is 5.75 Å². The quantitative estimate of drug-likeness (QED) is 0.106. The highest BCUT2D eigenvalue weighted by Gasteiger charge is 2.31. The van der Waals surface area contributed by atoms with E-state index in [0.29, 0.717) is 10.6 Å². The fourth-order valence-corrected chi connectivity index (χ4v) is 4.42. The number of alkyl halides is 3. The molecule has 0 saturated heterocycles. The van der Waals surface area contributed by atoms with Crippen LogP contribution in [0, 0.1) is 10.1 Å². The first kappa shape index (κ1) is 28.8. The summed E-state index contributed by atoms with van der Waals surface area (Å²) >= 11 is 12.0. The molecule has 0 unspecified atom stereocenters. The molecule has 0 bridgehead atoms. The van der Waals surface area contributed by atoms with Gasteiger partial charge in [-0.25, -0.2) is 4.98 Å². The second-order valence-electron chi connectivity index (χ2n) is 8.88. The number of rotatable bonds is 7. The van der Waals surface area contributed by atoms with E-state index in [1.807, 2.05) is 0 Å². The molecule has 8 nitrogen and oxygen atoms in total. The van der Waals surface area contributed by atoms with Crippen molar-refractivity contribution in [2.24, 2.45) is 5.10 Å². The largest absolute Gasteiger partial charge is 0.481 e. The van der Waals surface area contributed by atoms with Crippen molar-refractivity contribution in [1.29, 1.82) is 0 Å². The Labute approximate surface area is 245 Å². The Morgan fingerprint density at radius 2 is 1.74 bits per heavy atom. The lowest BCUT2D eigenvalue weighted by atomic mass is 10.1. The highest BCUT2D eigenvalue weighted by atomic mass is 35.5. The van der Waals surface area contributed by atoms with E-state index in [9.17, 15) is 28.1 Å². The molecule has 5 rings (SSSR count). The molecule has 0 N–H and O–H groups in total. The van der Waals surface area contributed by atoms with E-state index in [4.69, 9.17) is 27.9 Å². The van der Waals surface area contributed by atoms with Gasteiger partial charge in [0.2, 0.25) is 5.75 Å². The number of nitrogens with zero attached hydrogens (tertiary/aromatic N) is 4. The number of para-hydroxylation sites is 2. The third-order valence-corrected chi connectivity index (χ3v) is 6.84. The highest BCUT2D eigenvalue weighted by Crippen LogP contribution is 2.33. The summed E-state index contributed by atoms with van der Waals surface area (Å²) in [6.45, 7) is -0.116. The SMILES string of the molecule is O=c1c2ccccc2nc(-c2cccc(C(F)(F)F)c2)n1N=Cc1cccc([N+](=O)[O-])c1OCc1ccc(Cl)c(Cl)c1. The second kappa shape index (κ2) is 11.6. The number of fused-ring (bicyclic) bond motifs is 1. The summed E-state index contributed by atoms with van der Waals surface area (Å²) in [5, 5.41) is 16.8. The average Bonchev–Trinajstić information content (AvgIpc) is 2.97. The van der Waals surface area contributed by atoms with Gasteiger partial charge in [-0.1, -0.05) is 59.6 Å². The predicted octanol–water partition coefficient (Wildman–Crippen LogP) is 7.76. The van der Waals surface area contributed by atoms with E-state index >= 15 is 0 Å². The maximum atomic E-state index is 13.5. The van der Waals surface area contributed by atoms with Crippen LogP contribution < -0.4 is 10.3 Å². The van der Waals surface area contributed by atoms with Crippen molar-refractivity contribution in [3.05, 3.63) is 132 Å². The molecule has 1 aromatic heterocycles. The first-order valence-electron chi connectivity index (χ1n) is 12.1. The van der Waals surface area contributed by atoms with E-state index in [1.54, 1.807) is 36.4 Å². The standard InChI is InChI=1S/C29H17Cl2F3N4O4/c30-22-12-11-17(13-23(22)31)16-42-26-19(6-4-10-25(26)38(40)41)15-35-37-27(18-5-3-7-20(14-18)29(32,33)34)36-24-9-2-1-8-21(24)28(37)39/h1-15H,16H2. The number of ether oxygens (including phenoxy) is 1. The smallest absolute Gasteiger partial charge is 0.416 e. The number of halogens is 5. The van der Waals surface area contributed by atoms with Gasteiger partial charge in [-0.3, -0.25) is 14.9 Å². The van der Waals surface area contributed by atoms with Crippen molar-refractivity contribution in [2.45, 2.75) is 12.8 Å². The first-order chi connectivity index (χ1) is 20.0. The molecule has 0 saturated carbocycles. The third kappa shape index (κ3) is 5.97. The molecule has 1 heterocycles. The molecule has 0 spiro atoms. The minimum absolute atomic E-state index is 0.0139. The van der Waals surface area contributed by atoms with Crippen LogP contribution in [0.4, 0.5) is 18.9 Å². The summed E-state index contributed by atoms with van der Waals surface area (Å²) in [4.78, 5) is 29.1. The van der Waals surface area contributed by atoms with Crippen molar-refractivity contribution in [1.82, 2.24) is 9.66 Å². The molecule has 212 valence electrons.